The van der Waals surface area contributed by atoms with Gasteiger partial charge in [0.25, 0.3) is 11.7 Å². The highest BCUT2D eigenvalue weighted by Gasteiger charge is 2.53. The van der Waals surface area contributed by atoms with Gasteiger partial charge in [-0.15, -0.1) is 0 Å². The molecule has 2 bridgehead atoms. The van der Waals surface area contributed by atoms with E-state index in [9.17, 15) is 52.5 Å². The number of hydrogen-bond acceptors (Lipinski definition) is 23. The summed E-state index contributed by atoms with van der Waals surface area (Å²) in [6.07, 6.45) is 13.2. The number of cyclic esters (lactones) is 1. The van der Waals surface area contributed by atoms with E-state index in [-0.39, 0.29) is 78.0 Å². The normalized spacial score (nSPS) is 27.4. The monoisotopic (exact) mass is 1580 g/mol. The number of anilines is 2. The smallest absolute Gasteiger partial charge is 0.329 e. The molecule has 2 saturated heterocycles. The van der Waals surface area contributed by atoms with Crippen molar-refractivity contribution in [1.29, 1.82) is 0 Å². The molecule has 15 atom stereocenters. The zero-order valence-electron chi connectivity index (χ0n) is 65.4. The standard InChI is InChI=1S/C84H109ClFN5O19S/c1-50-17-13-12-14-18-51(2)35-54(5)75(94)77(104-10)76(95)55(6)36-52(3)69(93)44-73(108-81(98)68-19-15-16-33-91(68)80(97)78(96)84(100)56(7)21-26-62(110-84)25-20-50)53(4)37-57-22-29-72(74(40-57)103-9)109-82(99)83(8,47-92)48-106-64-39-58(38-60(86)42-64)46-105-71-30-24-61(43-66(71)85)90-79-65-41-59(23-28-67(65)88-49-89-79)70-31-27-63(107-70)45-87-32-34-111(11,101)102/h12-14,17-18,23-24,27-28,30-31,36,38-39,41-43,49,51,53-57,62,68,72-74,76-77,87,92,95,100H,15-16,19-22,25-26,29,32-35,37,40,44-48H2,1-11H3,(H,88,89,90)/b13-12?,18-14?,50-17?,52-36-. The highest BCUT2D eigenvalue weighted by molar-refractivity contribution is 7.90. The van der Waals surface area contributed by atoms with E-state index in [1.807, 2.05) is 81.5 Å². The number of furan rings is 1. The molecule has 1 saturated carbocycles. The van der Waals surface area contributed by atoms with E-state index in [4.69, 9.17) is 49.2 Å². The molecule has 3 aliphatic heterocycles. The lowest BCUT2D eigenvalue weighted by Crippen LogP contribution is -2.60. The van der Waals surface area contributed by atoms with Gasteiger partial charge >= 0.3 is 11.9 Å². The fourth-order valence-electron chi connectivity index (χ4n) is 14.8. The molecule has 0 spiro atoms. The van der Waals surface area contributed by atoms with Crippen LogP contribution in [0, 0.1) is 46.7 Å². The Labute approximate surface area is 655 Å². The molecule has 1 amide bonds. The highest BCUT2D eigenvalue weighted by Crippen LogP contribution is 2.40. The number of aliphatic hydroxyl groups is 3. The third-order valence-electron chi connectivity index (χ3n) is 21.8. The fourth-order valence-corrected chi connectivity index (χ4v) is 15.6. The largest absolute Gasteiger partial charge is 0.492 e. The number of piperidine rings is 1. The molecule has 3 aromatic carbocycles. The summed E-state index contributed by atoms with van der Waals surface area (Å²) < 4.78 is 86.9. The molecule has 27 heteroatoms. The van der Waals surface area contributed by atoms with Crippen LogP contribution in [0.15, 0.2) is 125 Å². The van der Waals surface area contributed by atoms with Gasteiger partial charge in [-0.1, -0.05) is 88.2 Å². The maximum atomic E-state index is 15.4. The van der Waals surface area contributed by atoms with Crippen molar-refractivity contribution in [1.82, 2.24) is 20.2 Å². The zero-order valence-corrected chi connectivity index (χ0v) is 67.0. The SMILES string of the molecule is COC1CC(CC(C)C2CC(=O)/C(C)=C\C(C)C(O)C(OC)C(=O)C(C)CC(C)C=CC=CC=C(C)CCC3CCC(C)C(O)(O3)C(=O)C(=O)N3CCCCC3C(=O)O2)CCC1OC(=O)C(C)(CO)COc1cc(F)cc(COc2ccc(Nc3ncnc4ccc(-c5ccc(CNCCS(C)(=O)=O)o5)cc34)cc2Cl)c1. The predicted molar refractivity (Wildman–Crippen MR) is 418 cm³/mol. The van der Waals surface area contributed by atoms with E-state index < -0.39 is 136 Å². The molecule has 9 rings (SSSR count). The second-order valence-electron chi connectivity index (χ2n) is 31.0. The van der Waals surface area contributed by atoms with Crippen LogP contribution in [0.5, 0.6) is 11.5 Å². The van der Waals surface area contributed by atoms with E-state index in [1.165, 1.54) is 45.9 Å². The van der Waals surface area contributed by atoms with Crippen LogP contribution in [0.1, 0.15) is 150 Å². The number of rotatable bonds is 22. The quantitative estimate of drug-likeness (QED) is 0.0244. The number of aromatic nitrogens is 2. The Kier molecular flexibility index (Phi) is 31.0. The van der Waals surface area contributed by atoms with Crippen molar-refractivity contribution >= 4 is 79.0 Å². The number of ether oxygens (including phenoxy) is 7. The van der Waals surface area contributed by atoms with Crippen LogP contribution < -0.4 is 20.1 Å². The van der Waals surface area contributed by atoms with Gasteiger partial charge in [-0.05, 0) is 187 Å². The molecule has 3 fully saturated rings. The fraction of sp³-hybridized carbons (Fsp3) is 0.548. The van der Waals surface area contributed by atoms with Crippen molar-refractivity contribution in [2.24, 2.45) is 40.9 Å². The molecule has 5 heterocycles. The molecule has 5 aromatic rings. The molecule has 604 valence electrons. The number of benzene rings is 3. The van der Waals surface area contributed by atoms with Crippen molar-refractivity contribution in [3.8, 4) is 22.8 Å². The first-order chi connectivity index (χ1) is 52.8. The molecular formula is C84H109ClFN5O19S. The summed E-state index contributed by atoms with van der Waals surface area (Å²) in [4.78, 5) is 96.5. The molecule has 15 unspecified atom stereocenters. The van der Waals surface area contributed by atoms with E-state index in [0.717, 1.165) is 22.1 Å². The Bertz CT molecular complexity index is 4340. The average Bonchev–Trinajstić information content (AvgIpc) is 0.805. The molecule has 2 aromatic heterocycles. The number of hydrogen-bond donors (Lipinski definition) is 5. The predicted octanol–water partition coefficient (Wildman–Crippen LogP) is 12.6. The summed E-state index contributed by atoms with van der Waals surface area (Å²) in [6.45, 7) is 13.4. The summed E-state index contributed by atoms with van der Waals surface area (Å²) >= 11 is 6.77. The van der Waals surface area contributed by atoms with E-state index in [2.05, 4.69) is 20.6 Å². The lowest BCUT2D eigenvalue weighted by atomic mass is 9.78. The van der Waals surface area contributed by atoms with Gasteiger partial charge in [-0.25, -0.2) is 27.6 Å². The number of carbonyl (C=O) groups excluding carboxylic acids is 6. The van der Waals surface area contributed by atoms with Gasteiger partial charge in [0.05, 0.1) is 47.8 Å². The molecule has 1 aliphatic carbocycles. The Hall–Kier alpha value is -8.05. The minimum absolute atomic E-state index is 0.00741. The average molecular weight is 1580 g/mol. The van der Waals surface area contributed by atoms with Crippen LogP contribution in [-0.2, 0) is 75.4 Å². The number of methoxy groups -OCH3 is 2. The van der Waals surface area contributed by atoms with Gasteiger partial charge < -0.3 is 68.4 Å². The van der Waals surface area contributed by atoms with Crippen LogP contribution >= 0.6 is 11.6 Å². The number of halogens is 2. The molecule has 111 heavy (non-hydrogen) atoms. The Morgan fingerprint density at radius 1 is 0.892 bits per heavy atom. The van der Waals surface area contributed by atoms with Crippen LogP contribution in [0.3, 0.4) is 0 Å². The molecule has 0 radical (unpaired) electrons. The Balaban J connectivity index is 0.834. The Morgan fingerprint density at radius 2 is 1.68 bits per heavy atom. The number of sulfone groups is 1. The van der Waals surface area contributed by atoms with Crippen LogP contribution in [0.25, 0.3) is 22.2 Å². The summed E-state index contributed by atoms with van der Waals surface area (Å²) in [5.41, 5.74) is 1.99. The molecular weight excluding hydrogens is 1470 g/mol. The zero-order chi connectivity index (χ0) is 80.5. The van der Waals surface area contributed by atoms with Crippen LogP contribution in [0.2, 0.25) is 5.02 Å². The number of nitrogens with one attached hydrogen (secondary N) is 2. The maximum absolute atomic E-state index is 15.4. The molecule has 4 aliphatic rings. The van der Waals surface area contributed by atoms with Gasteiger partial charge in [0.2, 0.25) is 5.79 Å². The number of allylic oxidation sites excluding steroid dienone is 7. The van der Waals surface area contributed by atoms with Gasteiger partial charge in [-0.3, -0.25) is 24.0 Å². The number of carbonyl (C=O) groups is 6. The lowest BCUT2D eigenvalue weighted by molar-refractivity contribution is -0.263. The van der Waals surface area contributed by atoms with Crippen molar-refractivity contribution in [2.45, 2.75) is 200 Å². The summed E-state index contributed by atoms with van der Waals surface area (Å²) in [6, 6.07) is 17.0. The van der Waals surface area contributed by atoms with Crippen LogP contribution in [0.4, 0.5) is 15.9 Å². The van der Waals surface area contributed by atoms with Crippen molar-refractivity contribution in [2.75, 3.05) is 57.8 Å². The molecule has 24 nitrogen and oxygen atoms in total. The van der Waals surface area contributed by atoms with Crippen molar-refractivity contribution < 1.29 is 94.5 Å². The second-order valence-corrected chi connectivity index (χ2v) is 33.7. The number of aliphatic hydroxyl groups excluding tert-OH is 2. The van der Waals surface area contributed by atoms with Crippen molar-refractivity contribution in [3.63, 3.8) is 0 Å². The first-order valence-electron chi connectivity index (χ1n) is 38.4. The summed E-state index contributed by atoms with van der Waals surface area (Å²) in [5, 5.41) is 41.8. The second kappa shape index (κ2) is 39.6. The van der Waals surface area contributed by atoms with Gasteiger partial charge in [0, 0.05) is 80.4 Å². The third kappa shape index (κ3) is 23.6. The number of esters is 2. The lowest BCUT2D eigenvalue weighted by Gasteiger charge is -2.42. The number of amides is 1. The number of nitrogens with zero attached hydrogens (tertiary/aromatic N) is 3. The van der Waals surface area contributed by atoms with E-state index >= 15 is 4.39 Å². The van der Waals surface area contributed by atoms with E-state index in [0.29, 0.717) is 117 Å². The highest BCUT2D eigenvalue weighted by atomic mass is 35.5. The molecule has 5 N–H and O–H groups in total. The van der Waals surface area contributed by atoms with E-state index in [1.54, 1.807) is 52.0 Å². The minimum Gasteiger partial charge on any atom is -0.492 e. The first kappa shape index (κ1) is 86.9. The van der Waals surface area contributed by atoms with Gasteiger partial charge in [0.1, 0.15) is 93.8 Å². The van der Waals surface area contributed by atoms with Gasteiger partial charge in [-0.2, -0.15) is 0 Å². The summed E-state index contributed by atoms with van der Waals surface area (Å²) in [7, 11) is -0.251. The maximum Gasteiger partial charge on any atom is 0.329 e. The van der Waals surface area contributed by atoms with Gasteiger partial charge in [0.15, 0.2) is 11.6 Å². The summed E-state index contributed by atoms with van der Waals surface area (Å²) in [5.74, 6) is -8.22. The van der Waals surface area contributed by atoms with Crippen LogP contribution in [-0.4, -0.2) is 175 Å². The number of Topliss-reactive ketones (excluding diaryl/α,β-unsaturated/α-hetero) is 3. The topological polar surface area (TPSA) is 328 Å². The Morgan fingerprint density at radius 3 is 2.41 bits per heavy atom. The number of fused-ring (bicyclic) bond motifs is 4. The first-order valence-corrected chi connectivity index (χ1v) is 40.8. The third-order valence-corrected chi connectivity index (χ3v) is 23.0. The number of ketones is 3. The minimum atomic E-state index is -3.10. The van der Waals surface area contributed by atoms with Crippen molar-refractivity contribution in [3.05, 3.63) is 143 Å².